The van der Waals surface area contributed by atoms with Gasteiger partial charge in [0.25, 0.3) is 0 Å². The molecule has 0 amide bonds. The highest BCUT2D eigenvalue weighted by molar-refractivity contribution is 4.77. The highest BCUT2D eigenvalue weighted by Gasteiger charge is 2.17. The maximum Gasteiger partial charge on any atom is 0.0192 e. The minimum absolute atomic E-state index is 0.671. The molecule has 1 fully saturated rings. The Morgan fingerprint density at radius 3 is 1.86 bits per heavy atom. The van der Waals surface area contributed by atoms with Crippen LogP contribution in [0.3, 0.4) is 0 Å². The molecular formula is C19H40N2. The molecule has 0 heterocycles. The summed E-state index contributed by atoms with van der Waals surface area (Å²) in [5.74, 6) is 1.62. The second kappa shape index (κ2) is 10.6. The van der Waals surface area contributed by atoms with Gasteiger partial charge in [0.2, 0.25) is 0 Å². The molecular weight excluding hydrogens is 256 g/mol. The molecule has 1 N–H and O–H groups in total. The molecule has 0 saturated heterocycles. The van der Waals surface area contributed by atoms with Crippen molar-refractivity contribution in [3.63, 3.8) is 0 Å². The molecule has 0 spiro atoms. The highest BCUT2D eigenvalue weighted by atomic mass is 15.2. The molecule has 1 unspecified atom stereocenters. The highest BCUT2D eigenvalue weighted by Crippen LogP contribution is 2.17. The summed E-state index contributed by atoms with van der Waals surface area (Å²) in [7, 11) is 0. The van der Waals surface area contributed by atoms with Crippen LogP contribution in [-0.2, 0) is 0 Å². The van der Waals surface area contributed by atoms with E-state index in [-0.39, 0.29) is 0 Å². The van der Waals surface area contributed by atoms with Gasteiger partial charge in [0.15, 0.2) is 0 Å². The van der Waals surface area contributed by atoms with Gasteiger partial charge in [0.05, 0.1) is 0 Å². The minimum Gasteiger partial charge on any atom is -0.312 e. The van der Waals surface area contributed by atoms with Crippen molar-refractivity contribution in [1.82, 2.24) is 10.2 Å². The molecule has 1 saturated carbocycles. The van der Waals surface area contributed by atoms with Crippen LogP contribution in [0.2, 0.25) is 0 Å². The van der Waals surface area contributed by atoms with Crippen molar-refractivity contribution in [1.29, 1.82) is 0 Å². The van der Waals surface area contributed by atoms with Crippen molar-refractivity contribution < 1.29 is 0 Å². The van der Waals surface area contributed by atoms with E-state index in [9.17, 15) is 0 Å². The lowest BCUT2D eigenvalue weighted by atomic mass is 9.95. The average Bonchev–Trinajstić information content (AvgIpc) is 2.45. The van der Waals surface area contributed by atoms with Gasteiger partial charge in [-0.3, -0.25) is 4.90 Å². The zero-order valence-corrected chi connectivity index (χ0v) is 15.3. The zero-order chi connectivity index (χ0) is 15.7. The molecule has 0 radical (unpaired) electrons. The first-order valence-electron chi connectivity index (χ1n) is 9.46. The third kappa shape index (κ3) is 8.83. The number of hydrogen-bond acceptors (Lipinski definition) is 2. The van der Waals surface area contributed by atoms with E-state index in [4.69, 9.17) is 0 Å². The Hall–Kier alpha value is -0.0800. The smallest absolute Gasteiger partial charge is 0.0192 e. The van der Waals surface area contributed by atoms with Gasteiger partial charge >= 0.3 is 0 Å². The number of rotatable bonds is 10. The lowest BCUT2D eigenvalue weighted by Crippen LogP contribution is -2.45. The molecule has 0 aliphatic heterocycles. The first-order valence-corrected chi connectivity index (χ1v) is 9.46. The Bertz CT molecular complexity index is 232. The van der Waals surface area contributed by atoms with E-state index in [1.807, 2.05) is 0 Å². The standard InChI is InChI=1S/C19H40N2/c1-16(2)11-13-21(14-12-17(3)4)18(5)15-20-19-9-7-6-8-10-19/h16-20H,6-15H2,1-5H3. The van der Waals surface area contributed by atoms with Crippen LogP contribution in [0.1, 0.15) is 79.6 Å². The summed E-state index contributed by atoms with van der Waals surface area (Å²) in [6, 6.07) is 1.46. The van der Waals surface area contributed by atoms with Crippen LogP contribution in [-0.4, -0.2) is 36.6 Å². The van der Waals surface area contributed by atoms with Gasteiger partial charge in [0.1, 0.15) is 0 Å². The summed E-state index contributed by atoms with van der Waals surface area (Å²) < 4.78 is 0. The lowest BCUT2D eigenvalue weighted by Gasteiger charge is -2.32. The lowest BCUT2D eigenvalue weighted by molar-refractivity contribution is 0.177. The van der Waals surface area contributed by atoms with E-state index < -0.39 is 0 Å². The molecule has 0 aromatic heterocycles. The van der Waals surface area contributed by atoms with Crippen molar-refractivity contribution in [3.05, 3.63) is 0 Å². The molecule has 126 valence electrons. The van der Waals surface area contributed by atoms with Crippen molar-refractivity contribution >= 4 is 0 Å². The molecule has 0 aromatic rings. The van der Waals surface area contributed by atoms with Gasteiger partial charge in [-0.05, 0) is 57.5 Å². The average molecular weight is 297 g/mol. The summed E-state index contributed by atoms with van der Waals surface area (Å²) in [6.07, 6.45) is 9.74. The van der Waals surface area contributed by atoms with E-state index in [1.54, 1.807) is 0 Å². The first-order chi connectivity index (χ1) is 9.99. The van der Waals surface area contributed by atoms with Gasteiger partial charge in [-0.1, -0.05) is 47.0 Å². The number of nitrogens with one attached hydrogen (secondary N) is 1. The maximum atomic E-state index is 3.84. The Morgan fingerprint density at radius 2 is 1.38 bits per heavy atom. The van der Waals surface area contributed by atoms with Crippen LogP contribution < -0.4 is 5.32 Å². The predicted octanol–water partition coefficient (Wildman–Crippen LogP) is 4.69. The molecule has 1 rings (SSSR count). The van der Waals surface area contributed by atoms with Gasteiger partial charge in [-0.15, -0.1) is 0 Å². The van der Waals surface area contributed by atoms with Crippen LogP contribution >= 0.6 is 0 Å². The van der Waals surface area contributed by atoms with Crippen LogP contribution in [0.5, 0.6) is 0 Å². The second-order valence-electron chi connectivity index (χ2n) is 7.99. The van der Waals surface area contributed by atoms with Gasteiger partial charge in [-0.2, -0.15) is 0 Å². The van der Waals surface area contributed by atoms with Crippen LogP contribution in [0.25, 0.3) is 0 Å². The van der Waals surface area contributed by atoms with Crippen molar-refractivity contribution in [2.45, 2.75) is 91.6 Å². The zero-order valence-electron chi connectivity index (χ0n) is 15.3. The van der Waals surface area contributed by atoms with Crippen LogP contribution in [0.4, 0.5) is 0 Å². The predicted molar refractivity (Wildman–Crippen MR) is 94.8 cm³/mol. The Kier molecular flexibility index (Phi) is 9.59. The van der Waals surface area contributed by atoms with Gasteiger partial charge < -0.3 is 5.32 Å². The largest absolute Gasteiger partial charge is 0.312 e. The maximum absolute atomic E-state index is 3.84. The van der Waals surface area contributed by atoms with Crippen LogP contribution in [0, 0.1) is 11.8 Å². The van der Waals surface area contributed by atoms with E-state index >= 15 is 0 Å². The molecule has 1 aliphatic rings. The summed E-state index contributed by atoms with van der Waals surface area (Å²) in [5, 5.41) is 3.84. The van der Waals surface area contributed by atoms with Gasteiger partial charge in [-0.25, -0.2) is 0 Å². The molecule has 0 aromatic carbocycles. The quantitative estimate of drug-likeness (QED) is 0.629. The summed E-state index contributed by atoms with van der Waals surface area (Å²) in [4.78, 5) is 2.72. The Labute approximate surface area is 134 Å². The van der Waals surface area contributed by atoms with E-state index in [0.29, 0.717) is 6.04 Å². The fourth-order valence-corrected chi connectivity index (χ4v) is 3.17. The summed E-state index contributed by atoms with van der Waals surface area (Å²) in [5.41, 5.74) is 0. The molecule has 1 atom stereocenters. The van der Waals surface area contributed by atoms with E-state index in [0.717, 1.165) is 17.9 Å². The van der Waals surface area contributed by atoms with Crippen LogP contribution in [0.15, 0.2) is 0 Å². The van der Waals surface area contributed by atoms with Crippen molar-refractivity contribution in [2.75, 3.05) is 19.6 Å². The number of nitrogens with zero attached hydrogens (tertiary/aromatic N) is 1. The molecule has 2 heteroatoms. The second-order valence-corrected chi connectivity index (χ2v) is 7.99. The normalized spacial score (nSPS) is 18.9. The molecule has 1 aliphatic carbocycles. The molecule has 21 heavy (non-hydrogen) atoms. The fourth-order valence-electron chi connectivity index (χ4n) is 3.17. The minimum atomic E-state index is 0.671. The molecule has 0 bridgehead atoms. The van der Waals surface area contributed by atoms with Crippen molar-refractivity contribution in [2.24, 2.45) is 11.8 Å². The Balaban J connectivity index is 2.34. The third-order valence-electron chi connectivity index (χ3n) is 4.92. The SMILES string of the molecule is CC(C)CCN(CCC(C)C)C(C)CNC1CCCCC1. The summed E-state index contributed by atoms with van der Waals surface area (Å²) in [6.45, 7) is 15.5. The number of hydrogen-bond donors (Lipinski definition) is 1. The van der Waals surface area contributed by atoms with Crippen molar-refractivity contribution in [3.8, 4) is 0 Å². The molecule has 2 nitrogen and oxygen atoms in total. The van der Waals surface area contributed by atoms with E-state index in [1.165, 1.54) is 64.6 Å². The van der Waals surface area contributed by atoms with E-state index in [2.05, 4.69) is 44.8 Å². The summed E-state index contributed by atoms with van der Waals surface area (Å²) >= 11 is 0. The third-order valence-corrected chi connectivity index (χ3v) is 4.92. The first kappa shape index (κ1) is 19.0. The topological polar surface area (TPSA) is 15.3 Å². The van der Waals surface area contributed by atoms with Gasteiger partial charge in [0, 0.05) is 18.6 Å². The fraction of sp³-hybridized carbons (Fsp3) is 1.00. The Morgan fingerprint density at radius 1 is 0.857 bits per heavy atom. The monoisotopic (exact) mass is 296 g/mol.